The van der Waals surface area contributed by atoms with Crippen LogP contribution in [0.25, 0.3) is 11.1 Å². The first kappa shape index (κ1) is 15.7. The maximum Gasteiger partial charge on any atom is 0.417 e. The van der Waals surface area contributed by atoms with Gasteiger partial charge >= 0.3 is 5.76 Å². The van der Waals surface area contributed by atoms with Crippen molar-refractivity contribution in [3.63, 3.8) is 0 Å². The van der Waals surface area contributed by atoms with E-state index in [4.69, 9.17) is 4.42 Å². The number of aromatic nitrogens is 1. The molecule has 1 aromatic heterocycles. The number of amides is 1. The number of nitrogens with zero attached hydrogens (tertiary/aromatic N) is 2. The van der Waals surface area contributed by atoms with E-state index < -0.39 is 5.76 Å². The molecule has 0 saturated carbocycles. The molecule has 0 spiro atoms. The number of hydrogen-bond donors (Lipinski definition) is 1. The molecule has 25 heavy (non-hydrogen) atoms. The van der Waals surface area contributed by atoms with Crippen molar-refractivity contribution in [1.29, 1.82) is 0 Å². The van der Waals surface area contributed by atoms with Gasteiger partial charge in [0.25, 0.3) is 5.91 Å². The molecule has 1 aliphatic rings. The van der Waals surface area contributed by atoms with E-state index in [1.807, 2.05) is 23.1 Å². The van der Waals surface area contributed by atoms with Crippen LogP contribution in [-0.4, -0.2) is 46.9 Å². The summed E-state index contributed by atoms with van der Waals surface area (Å²) in [5.74, 6) is -0.528. The van der Waals surface area contributed by atoms with Crippen LogP contribution in [0.3, 0.4) is 0 Å². The number of fused-ring (bicyclic) bond motifs is 1. The molecule has 4 rings (SSSR count). The first-order valence-corrected chi connectivity index (χ1v) is 8.37. The van der Waals surface area contributed by atoms with Crippen molar-refractivity contribution in [1.82, 2.24) is 14.8 Å². The summed E-state index contributed by atoms with van der Waals surface area (Å²) >= 11 is 0. The average molecular weight is 337 g/mol. The van der Waals surface area contributed by atoms with Crippen molar-refractivity contribution < 1.29 is 9.21 Å². The molecule has 0 radical (unpaired) electrons. The summed E-state index contributed by atoms with van der Waals surface area (Å²) in [4.78, 5) is 30.7. The summed E-state index contributed by atoms with van der Waals surface area (Å²) in [6.45, 7) is 4.00. The Morgan fingerprint density at radius 2 is 1.80 bits per heavy atom. The standard InChI is InChI=1S/C19H19N3O3/c23-18(15-6-7-16-17(12-15)25-19(24)20-16)22-10-8-21(9-11-22)13-14-4-2-1-3-5-14/h1-7,12H,8-11,13H2,(H,20,24). The predicted octanol–water partition coefficient (Wildman–Crippen LogP) is 2.08. The van der Waals surface area contributed by atoms with Crippen LogP contribution in [0.5, 0.6) is 0 Å². The van der Waals surface area contributed by atoms with Crippen LogP contribution in [0.1, 0.15) is 15.9 Å². The second kappa shape index (κ2) is 6.57. The smallest absolute Gasteiger partial charge is 0.408 e. The molecule has 0 unspecified atom stereocenters. The molecule has 1 saturated heterocycles. The summed E-state index contributed by atoms with van der Waals surface area (Å²) in [5.41, 5.74) is 2.86. The third kappa shape index (κ3) is 3.34. The molecule has 6 nitrogen and oxygen atoms in total. The van der Waals surface area contributed by atoms with Crippen molar-refractivity contribution in [3.8, 4) is 0 Å². The fourth-order valence-electron chi connectivity index (χ4n) is 3.21. The molecule has 0 aliphatic carbocycles. The third-order valence-electron chi connectivity index (χ3n) is 4.58. The Morgan fingerprint density at radius 1 is 1.04 bits per heavy atom. The lowest BCUT2D eigenvalue weighted by atomic mass is 10.1. The predicted molar refractivity (Wildman–Crippen MR) is 94.5 cm³/mol. The van der Waals surface area contributed by atoms with Gasteiger partial charge in [-0.3, -0.25) is 14.7 Å². The zero-order valence-electron chi connectivity index (χ0n) is 13.8. The van der Waals surface area contributed by atoms with Gasteiger partial charge in [-0.25, -0.2) is 4.79 Å². The van der Waals surface area contributed by atoms with Crippen LogP contribution in [-0.2, 0) is 6.54 Å². The van der Waals surface area contributed by atoms with Gasteiger partial charge in [-0.2, -0.15) is 0 Å². The van der Waals surface area contributed by atoms with Gasteiger partial charge in [-0.05, 0) is 23.8 Å². The van der Waals surface area contributed by atoms with Crippen molar-refractivity contribution >= 4 is 17.0 Å². The number of aromatic amines is 1. The largest absolute Gasteiger partial charge is 0.417 e. The Kier molecular flexibility index (Phi) is 4.11. The van der Waals surface area contributed by atoms with E-state index in [9.17, 15) is 9.59 Å². The van der Waals surface area contributed by atoms with Crippen LogP contribution in [0.2, 0.25) is 0 Å². The topological polar surface area (TPSA) is 69.5 Å². The van der Waals surface area contributed by atoms with Gasteiger partial charge in [0.2, 0.25) is 0 Å². The molecule has 1 N–H and O–H groups in total. The minimum atomic E-state index is -0.505. The number of carbonyl (C=O) groups is 1. The minimum Gasteiger partial charge on any atom is -0.408 e. The fraction of sp³-hybridized carbons (Fsp3) is 0.263. The van der Waals surface area contributed by atoms with Crippen LogP contribution in [0, 0.1) is 0 Å². The van der Waals surface area contributed by atoms with Crippen LogP contribution >= 0.6 is 0 Å². The summed E-state index contributed by atoms with van der Waals surface area (Å²) in [6.07, 6.45) is 0. The molecule has 6 heteroatoms. The Bertz CT molecular complexity index is 937. The van der Waals surface area contributed by atoms with E-state index in [1.54, 1.807) is 18.2 Å². The van der Waals surface area contributed by atoms with Gasteiger partial charge in [0.1, 0.15) is 0 Å². The number of piperazine rings is 1. The number of rotatable bonds is 3. The van der Waals surface area contributed by atoms with Gasteiger partial charge in [0.05, 0.1) is 5.52 Å². The highest BCUT2D eigenvalue weighted by molar-refractivity contribution is 5.97. The van der Waals surface area contributed by atoms with Crippen LogP contribution in [0.15, 0.2) is 57.7 Å². The normalized spacial score (nSPS) is 15.6. The van der Waals surface area contributed by atoms with E-state index >= 15 is 0 Å². The van der Waals surface area contributed by atoms with E-state index in [1.165, 1.54) is 5.56 Å². The van der Waals surface area contributed by atoms with Crippen molar-refractivity contribution in [2.75, 3.05) is 26.2 Å². The summed E-state index contributed by atoms with van der Waals surface area (Å²) in [6, 6.07) is 15.4. The molecular formula is C19H19N3O3. The zero-order chi connectivity index (χ0) is 17.2. The molecule has 3 aromatic rings. The first-order chi connectivity index (χ1) is 12.2. The Balaban J connectivity index is 1.41. The number of nitrogens with one attached hydrogen (secondary N) is 1. The lowest BCUT2D eigenvalue weighted by Crippen LogP contribution is -2.48. The van der Waals surface area contributed by atoms with Crippen LogP contribution < -0.4 is 5.76 Å². The first-order valence-electron chi connectivity index (χ1n) is 8.37. The Morgan fingerprint density at radius 3 is 2.56 bits per heavy atom. The van der Waals surface area contributed by atoms with Crippen LogP contribution in [0.4, 0.5) is 0 Å². The van der Waals surface area contributed by atoms with E-state index in [-0.39, 0.29) is 5.91 Å². The molecule has 1 amide bonds. The summed E-state index contributed by atoms with van der Waals surface area (Å²) < 4.78 is 5.04. The van der Waals surface area contributed by atoms with Crippen molar-refractivity contribution in [3.05, 3.63) is 70.2 Å². The third-order valence-corrected chi connectivity index (χ3v) is 4.58. The lowest BCUT2D eigenvalue weighted by molar-refractivity contribution is 0.0628. The molecule has 1 aliphatic heterocycles. The Labute approximate surface area is 144 Å². The molecule has 2 heterocycles. The highest BCUT2D eigenvalue weighted by Crippen LogP contribution is 2.16. The van der Waals surface area contributed by atoms with Crippen molar-refractivity contribution in [2.45, 2.75) is 6.54 Å². The molecular weight excluding hydrogens is 318 g/mol. The average Bonchev–Trinajstić information content (AvgIpc) is 3.02. The van der Waals surface area contributed by atoms with E-state index in [0.29, 0.717) is 29.8 Å². The molecule has 1 fully saturated rings. The number of H-pyrrole nitrogens is 1. The molecule has 0 bridgehead atoms. The molecule has 2 aromatic carbocycles. The van der Waals surface area contributed by atoms with Crippen molar-refractivity contribution in [2.24, 2.45) is 0 Å². The summed E-state index contributed by atoms with van der Waals surface area (Å²) in [5, 5.41) is 0. The number of carbonyl (C=O) groups excluding carboxylic acids is 1. The maximum absolute atomic E-state index is 12.7. The monoisotopic (exact) mass is 337 g/mol. The highest BCUT2D eigenvalue weighted by Gasteiger charge is 2.22. The number of hydrogen-bond acceptors (Lipinski definition) is 4. The molecule has 128 valence electrons. The van der Waals surface area contributed by atoms with E-state index in [0.717, 1.165) is 19.6 Å². The van der Waals surface area contributed by atoms with E-state index in [2.05, 4.69) is 22.0 Å². The maximum atomic E-state index is 12.7. The second-order valence-electron chi connectivity index (χ2n) is 6.28. The van der Waals surface area contributed by atoms with Gasteiger partial charge in [0, 0.05) is 38.3 Å². The second-order valence-corrected chi connectivity index (χ2v) is 6.28. The van der Waals surface area contributed by atoms with Gasteiger partial charge in [-0.15, -0.1) is 0 Å². The number of benzene rings is 2. The van der Waals surface area contributed by atoms with Gasteiger partial charge in [0.15, 0.2) is 5.58 Å². The van der Waals surface area contributed by atoms with Gasteiger partial charge < -0.3 is 9.32 Å². The summed E-state index contributed by atoms with van der Waals surface area (Å²) in [7, 11) is 0. The lowest BCUT2D eigenvalue weighted by Gasteiger charge is -2.34. The van der Waals surface area contributed by atoms with Gasteiger partial charge in [-0.1, -0.05) is 30.3 Å². The SMILES string of the molecule is O=C(c1ccc2[nH]c(=O)oc2c1)N1CCN(Cc2ccccc2)CC1. The quantitative estimate of drug-likeness (QED) is 0.794. The highest BCUT2D eigenvalue weighted by atomic mass is 16.4. The zero-order valence-corrected chi connectivity index (χ0v) is 13.8. The number of oxazole rings is 1. The minimum absolute atomic E-state index is 0.0230. The Hall–Kier alpha value is -2.86. The fourth-order valence-corrected chi connectivity index (χ4v) is 3.21. The molecule has 0 atom stereocenters.